The number of nitrogens with zero attached hydrogens (tertiary/aromatic N) is 2. The van der Waals surface area contributed by atoms with Gasteiger partial charge in [-0.05, 0) is 56.2 Å². The summed E-state index contributed by atoms with van der Waals surface area (Å²) in [5.41, 5.74) is 3.19. The standard InChI is InChI=1S/C22H24N2O3S2/c1-4-27-21(26)14-24-18-12-15(2)16(3)13-19(18)29-22(24)23-20(25)10-11-28-17-8-6-5-7-9-17/h5-9,12-13H,4,10-11,14H2,1-3H3. The smallest absolute Gasteiger partial charge is 0.326 e. The van der Waals surface area contributed by atoms with Gasteiger partial charge in [-0.15, -0.1) is 11.8 Å². The van der Waals surface area contributed by atoms with E-state index in [9.17, 15) is 9.59 Å². The average Bonchev–Trinajstić information content (AvgIpc) is 2.99. The van der Waals surface area contributed by atoms with Gasteiger partial charge in [0.25, 0.3) is 0 Å². The Labute approximate surface area is 178 Å². The second-order valence-electron chi connectivity index (χ2n) is 6.60. The van der Waals surface area contributed by atoms with Crippen LogP contribution in [0.3, 0.4) is 0 Å². The van der Waals surface area contributed by atoms with Gasteiger partial charge in [-0.3, -0.25) is 9.59 Å². The van der Waals surface area contributed by atoms with Crippen LogP contribution in [0.2, 0.25) is 0 Å². The van der Waals surface area contributed by atoms with Gasteiger partial charge in [0.15, 0.2) is 4.80 Å². The van der Waals surface area contributed by atoms with Gasteiger partial charge in [-0.1, -0.05) is 29.5 Å². The number of amides is 1. The molecule has 0 atom stereocenters. The Morgan fingerprint density at radius 1 is 1.14 bits per heavy atom. The summed E-state index contributed by atoms with van der Waals surface area (Å²) in [4.78, 5) is 30.6. The van der Waals surface area contributed by atoms with Gasteiger partial charge in [0.2, 0.25) is 5.91 Å². The van der Waals surface area contributed by atoms with E-state index in [0.29, 0.717) is 23.6 Å². The number of rotatable bonds is 7. The number of benzene rings is 2. The fourth-order valence-corrected chi connectivity index (χ4v) is 4.82. The summed E-state index contributed by atoms with van der Waals surface area (Å²) in [5.74, 6) is 0.137. The normalized spacial score (nSPS) is 11.8. The van der Waals surface area contributed by atoms with E-state index in [1.54, 1.807) is 23.3 Å². The molecule has 29 heavy (non-hydrogen) atoms. The van der Waals surface area contributed by atoms with Crippen LogP contribution in [0.15, 0.2) is 52.4 Å². The molecular weight excluding hydrogens is 404 g/mol. The second kappa shape index (κ2) is 9.89. The molecule has 0 bridgehead atoms. The number of thiazole rings is 1. The molecule has 0 N–H and O–H groups in total. The Morgan fingerprint density at radius 3 is 2.59 bits per heavy atom. The number of thioether (sulfide) groups is 1. The number of hydrogen-bond donors (Lipinski definition) is 0. The first-order valence-corrected chi connectivity index (χ1v) is 11.3. The highest BCUT2D eigenvalue weighted by atomic mass is 32.2. The zero-order valence-corrected chi connectivity index (χ0v) is 18.4. The van der Waals surface area contributed by atoms with Crippen molar-refractivity contribution in [3.05, 3.63) is 58.4 Å². The maximum absolute atomic E-state index is 12.5. The molecule has 0 aliphatic carbocycles. The molecule has 152 valence electrons. The fraction of sp³-hybridized carbons (Fsp3) is 0.318. The zero-order valence-electron chi connectivity index (χ0n) is 16.8. The lowest BCUT2D eigenvalue weighted by atomic mass is 10.1. The molecule has 7 heteroatoms. The minimum atomic E-state index is -0.334. The maximum Gasteiger partial charge on any atom is 0.326 e. The molecule has 0 radical (unpaired) electrons. The number of fused-ring (bicyclic) bond motifs is 1. The van der Waals surface area contributed by atoms with E-state index in [-0.39, 0.29) is 18.4 Å². The van der Waals surface area contributed by atoms with Crippen LogP contribution >= 0.6 is 23.1 Å². The second-order valence-corrected chi connectivity index (χ2v) is 8.77. The summed E-state index contributed by atoms with van der Waals surface area (Å²) in [5, 5.41) is 0. The molecule has 0 unspecified atom stereocenters. The quantitative estimate of drug-likeness (QED) is 0.411. The third kappa shape index (κ3) is 5.58. The predicted octanol–water partition coefficient (Wildman–Crippen LogP) is 4.49. The molecule has 3 aromatic rings. The number of carbonyl (C=O) groups is 2. The number of carbonyl (C=O) groups excluding carboxylic acids is 2. The van der Waals surface area contributed by atoms with Gasteiger partial charge >= 0.3 is 5.97 Å². The molecule has 0 saturated carbocycles. The number of aryl methyl sites for hydroxylation is 2. The lowest BCUT2D eigenvalue weighted by Gasteiger charge is -2.06. The number of esters is 1. The molecule has 5 nitrogen and oxygen atoms in total. The Bertz CT molecular complexity index is 1080. The van der Waals surface area contributed by atoms with Crippen LogP contribution in [-0.2, 0) is 20.9 Å². The van der Waals surface area contributed by atoms with Crippen LogP contribution in [0, 0.1) is 13.8 Å². The van der Waals surface area contributed by atoms with Gasteiger partial charge in [-0.25, -0.2) is 0 Å². The molecule has 1 aromatic heterocycles. The molecular formula is C22H24N2O3S2. The van der Waals surface area contributed by atoms with Crippen molar-refractivity contribution in [3.63, 3.8) is 0 Å². The Balaban J connectivity index is 1.85. The first kappa shape index (κ1) is 21.3. The Kier molecular flexibility index (Phi) is 7.28. The van der Waals surface area contributed by atoms with Crippen LogP contribution in [0.1, 0.15) is 24.5 Å². The average molecular weight is 429 g/mol. The number of aromatic nitrogens is 1. The molecule has 0 aliphatic heterocycles. The lowest BCUT2D eigenvalue weighted by Crippen LogP contribution is -2.23. The van der Waals surface area contributed by atoms with E-state index in [2.05, 4.69) is 11.1 Å². The predicted molar refractivity (Wildman–Crippen MR) is 118 cm³/mol. The first-order chi connectivity index (χ1) is 14.0. The van der Waals surface area contributed by atoms with Gasteiger partial charge < -0.3 is 9.30 Å². The largest absolute Gasteiger partial charge is 0.465 e. The van der Waals surface area contributed by atoms with Crippen LogP contribution in [-0.4, -0.2) is 28.8 Å². The molecule has 1 amide bonds. The molecule has 0 saturated heterocycles. The van der Waals surface area contributed by atoms with Crippen molar-refractivity contribution in [3.8, 4) is 0 Å². The third-order valence-electron chi connectivity index (χ3n) is 4.44. The van der Waals surface area contributed by atoms with E-state index in [1.165, 1.54) is 16.9 Å². The van der Waals surface area contributed by atoms with Crippen molar-refractivity contribution in [2.45, 2.75) is 38.6 Å². The van der Waals surface area contributed by atoms with Crippen LogP contribution in [0.4, 0.5) is 0 Å². The fourth-order valence-electron chi connectivity index (χ4n) is 2.83. The minimum Gasteiger partial charge on any atom is -0.465 e. The van der Waals surface area contributed by atoms with Gasteiger partial charge in [0, 0.05) is 17.1 Å². The first-order valence-electron chi connectivity index (χ1n) is 9.49. The van der Waals surface area contributed by atoms with Crippen molar-refractivity contribution in [1.82, 2.24) is 4.57 Å². The van der Waals surface area contributed by atoms with Gasteiger partial charge in [-0.2, -0.15) is 4.99 Å². The van der Waals surface area contributed by atoms with E-state index in [4.69, 9.17) is 4.74 Å². The van der Waals surface area contributed by atoms with Gasteiger partial charge in [0.1, 0.15) is 6.54 Å². The van der Waals surface area contributed by atoms with E-state index >= 15 is 0 Å². The molecule has 2 aromatic carbocycles. The highest BCUT2D eigenvalue weighted by Crippen LogP contribution is 2.22. The van der Waals surface area contributed by atoms with Crippen LogP contribution < -0.4 is 4.80 Å². The lowest BCUT2D eigenvalue weighted by molar-refractivity contribution is -0.143. The maximum atomic E-state index is 12.5. The van der Waals surface area contributed by atoms with Crippen LogP contribution in [0.5, 0.6) is 0 Å². The Morgan fingerprint density at radius 2 is 1.86 bits per heavy atom. The Hall–Kier alpha value is -2.38. The van der Waals surface area contributed by atoms with E-state index in [0.717, 1.165) is 20.7 Å². The topological polar surface area (TPSA) is 60.7 Å². The molecule has 3 rings (SSSR count). The van der Waals surface area contributed by atoms with Crippen molar-refractivity contribution < 1.29 is 14.3 Å². The van der Waals surface area contributed by atoms with Gasteiger partial charge in [0.05, 0.1) is 16.8 Å². The van der Waals surface area contributed by atoms with E-state index < -0.39 is 0 Å². The summed E-state index contributed by atoms with van der Waals surface area (Å²) in [7, 11) is 0. The molecule has 0 spiro atoms. The van der Waals surface area contributed by atoms with Crippen molar-refractivity contribution in [2.24, 2.45) is 4.99 Å². The van der Waals surface area contributed by atoms with Crippen LogP contribution in [0.25, 0.3) is 10.2 Å². The summed E-state index contributed by atoms with van der Waals surface area (Å²) >= 11 is 3.06. The summed E-state index contributed by atoms with van der Waals surface area (Å²) in [6.45, 7) is 6.22. The van der Waals surface area contributed by atoms with E-state index in [1.807, 2.05) is 50.2 Å². The zero-order chi connectivity index (χ0) is 20.8. The third-order valence-corrected chi connectivity index (χ3v) is 6.49. The molecule has 0 fully saturated rings. The number of hydrogen-bond acceptors (Lipinski definition) is 5. The monoisotopic (exact) mass is 428 g/mol. The number of ether oxygens (including phenoxy) is 1. The summed E-state index contributed by atoms with van der Waals surface area (Å²) < 4.78 is 7.89. The summed E-state index contributed by atoms with van der Waals surface area (Å²) in [6.07, 6.45) is 0.339. The van der Waals surface area contributed by atoms with Crippen molar-refractivity contribution in [1.29, 1.82) is 0 Å². The highest BCUT2D eigenvalue weighted by molar-refractivity contribution is 7.99. The molecule has 1 heterocycles. The van der Waals surface area contributed by atoms with Crippen molar-refractivity contribution in [2.75, 3.05) is 12.4 Å². The van der Waals surface area contributed by atoms with Crippen molar-refractivity contribution >= 4 is 45.2 Å². The SMILES string of the molecule is CCOC(=O)Cn1c(=NC(=O)CCSc2ccccc2)sc2cc(C)c(C)cc21. The summed E-state index contributed by atoms with van der Waals surface area (Å²) in [6, 6.07) is 14.1. The highest BCUT2D eigenvalue weighted by Gasteiger charge is 2.13. The molecule has 0 aliphatic rings. The minimum absolute atomic E-state index is 0.0429.